The Morgan fingerprint density at radius 3 is 2.42 bits per heavy atom. The smallest absolute Gasteiger partial charge is 0.338 e. The summed E-state index contributed by atoms with van der Waals surface area (Å²) in [6.07, 6.45) is -0.611. The Labute approximate surface area is 216 Å². The summed E-state index contributed by atoms with van der Waals surface area (Å²) >= 11 is 12.8. The lowest BCUT2D eigenvalue weighted by atomic mass is 9.75. The van der Waals surface area contributed by atoms with Gasteiger partial charge in [-0.15, -0.1) is 23.2 Å². The molecule has 2 aromatic rings. The van der Waals surface area contributed by atoms with Crippen molar-refractivity contribution in [2.24, 2.45) is 5.92 Å². The molecule has 1 unspecified atom stereocenters. The van der Waals surface area contributed by atoms with Gasteiger partial charge in [-0.25, -0.2) is 8.42 Å². The van der Waals surface area contributed by atoms with Crippen LogP contribution in [0, 0.1) is 17.2 Å². The number of halogens is 5. The average molecular weight is 563 g/mol. The van der Waals surface area contributed by atoms with Gasteiger partial charge in [-0.05, 0) is 49.8 Å². The van der Waals surface area contributed by atoms with E-state index in [0.717, 1.165) is 10.9 Å². The summed E-state index contributed by atoms with van der Waals surface area (Å²) in [6, 6.07) is 7.82. The average Bonchev–Trinajstić information content (AvgIpc) is 3.42. The van der Waals surface area contributed by atoms with Crippen LogP contribution in [-0.2, 0) is 21.2 Å². The van der Waals surface area contributed by atoms with Crippen LogP contribution in [-0.4, -0.2) is 46.4 Å². The second-order valence-electron chi connectivity index (χ2n) is 9.53. The molecule has 2 fully saturated rings. The maximum absolute atomic E-state index is 13.3. The molecule has 4 rings (SSSR count). The summed E-state index contributed by atoms with van der Waals surface area (Å²) in [7, 11) is -3.48. The highest BCUT2D eigenvalue weighted by Crippen LogP contribution is 2.49. The predicted octanol–water partition coefficient (Wildman–Crippen LogP) is 4.75. The quantitative estimate of drug-likeness (QED) is 0.511. The van der Waals surface area contributed by atoms with Crippen molar-refractivity contribution < 1.29 is 26.4 Å². The molecule has 0 saturated heterocycles. The van der Waals surface area contributed by atoms with Gasteiger partial charge in [0.15, 0.2) is 9.84 Å². The van der Waals surface area contributed by atoms with E-state index in [1.54, 1.807) is 0 Å². The Kier molecular flexibility index (Phi) is 6.86. The molecule has 1 aromatic carbocycles. The molecule has 13 heteroatoms. The van der Waals surface area contributed by atoms with Crippen molar-refractivity contribution in [1.82, 2.24) is 15.1 Å². The number of nitriles is 1. The van der Waals surface area contributed by atoms with Gasteiger partial charge in [0, 0.05) is 29.9 Å². The topological polar surface area (TPSA) is 105 Å². The van der Waals surface area contributed by atoms with Crippen LogP contribution in [0.15, 0.2) is 35.4 Å². The predicted molar refractivity (Wildman–Crippen MR) is 127 cm³/mol. The number of sulfone groups is 1. The highest BCUT2D eigenvalue weighted by Gasteiger charge is 2.49. The van der Waals surface area contributed by atoms with Gasteiger partial charge in [-0.3, -0.25) is 9.48 Å². The lowest BCUT2D eigenvalue weighted by molar-refractivity contribution is -0.142. The second-order valence-corrected chi connectivity index (χ2v) is 13.2. The van der Waals surface area contributed by atoms with E-state index in [1.165, 1.54) is 30.5 Å². The molecule has 0 bridgehead atoms. The first-order chi connectivity index (χ1) is 16.6. The molecule has 2 aliphatic carbocycles. The molecule has 0 aliphatic heterocycles. The Bertz CT molecular complexity index is 1310. The third-order valence-corrected chi connectivity index (χ3v) is 8.38. The Hall–Kier alpha value is -2.29. The van der Waals surface area contributed by atoms with Crippen molar-refractivity contribution in [2.45, 2.75) is 65.5 Å². The standard InChI is InChI=1S/C23H23Cl2F3N4O3S/c1-36(34,35)15-4-2-14(3-5-15)18-11-32(13-23(26,27)28)31-19(18)16-6-7-22(24,25)10-17(16)20(33)30-21(12-29)8-9-21/h2-5,11,16-17H,6-10,13H2,1H3,(H,30,33)/t16?,17-/m1/s1. The van der Waals surface area contributed by atoms with Gasteiger partial charge < -0.3 is 5.32 Å². The molecule has 2 aliphatic rings. The van der Waals surface area contributed by atoms with Crippen molar-refractivity contribution in [3.05, 3.63) is 36.2 Å². The largest absolute Gasteiger partial charge is 0.408 e. The third-order valence-electron chi connectivity index (χ3n) is 6.56. The summed E-state index contributed by atoms with van der Waals surface area (Å²) in [4.78, 5) is 13.3. The van der Waals surface area contributed by atoms with E-state index < -0.39 is 50.2 Å². The molecule has 0 radical (unpaired) electrons. The Balaban J connectivity index is 1.76. The maximum Gasteiger partial charge on any atom is 0.408 e. The van der Waals surface area contributed by atoms with Crippen LogP contribution >= 0.6 is 23.2 Å². The number of alkyl halides is 5. The van der Waals surface area contributed by atoms with E-state index in [1.807, 2.05) is 0 Å². The summed E-state index contributed by atoms with van der Waals surface area (Å²) in [6.45, 7) is -1.34. The zero-order valence-electron chi connectivity index (χ0n) is 19.1. The first-order valence-electron chi connectivity index (χ1n) is 11.2. The molecule has 2 atom stereocenters. The number of carbonyl (C=O) groups is 1. The van der Waals surface area contributed by atoms with Gasteiger partial charge in [0.1, 0.15) is 16.4 Å². The molecule has 36 heavy (non-hydrogen) atoms. The number of benzene rings is 1. The molecule has 1 aromatic heterocycles. The Morgan fingerprint density at radius 2 is 1.89 bits per heavy atom. The summed E-state index contributed by atoms with van der Waals surface area (Å²) < 4.78 is 62.8. The van der Waals surface area contributed by atoms with Gasteiger partial charge in [-0.1, -0.05) is 12.1 Å². The molecular formula is C23H23Cl2F3N4O3S. The van der Waals surface area contributed by atoms with E-state index >= 15 is 0 Å². The van der Waals surface area contributed by atoms with Gasteiger partial charge in [0.05, 0.1) is 16.7 Å². The fourth-order valence-electron chi connectivity index (χ4n) is 4.53. The van der Waals surface area contributed by atoms with E-state index in [0.29, 0.717) is 24.0 Å². The van der Waals surface area contributed by atoms with Crippen molar-refractivity contribution >= 4 is 38.9 Å². The minimum atomic E-state index is -4.53. The number of nitrogens with one attached hydrogen (secondary N) is 1. The first kappa shape index (κ1) is 26.8. The molecule has 7 nitrogen and oxygen atoms in total. The number of rotatable bonds is 6. The highest BCUT2D eigenvalue weighted by atomic mass is 35.5. The molecule has 194 valence electrons. The number of nitrogens with zero attached hydrogens (tertiary/aromatic N) is 3. The summed E-state index contributed by atoms with van der Waals surface area (Å²) in [5, 5.41) is 16.4. The van der Waals surface area contributed by atoms with E-state index in [-0.39, 0.29) is 29.9 Å². The Morgan fingerprint density at radius 1 is 1.25 bits per heavy atom. The minimum Gasteiger partial charge on any atom is -0.338 e. The first-order valence-corrected chi connectivity index (χ1v) is 13.8. The van der Waals surface area contributed by atoms with E-state index in [2.05, 4.69) is 16.5 Å². The van der Waals surface area contributed by atoms with Gasteiger partial charge in [-0.2, -0.15) is 23.5 Å². The number of hydrogen-bond donors (Lipinski definition) is 1. The fourth-order valence-corrected chi connectivity index (χ4v) is 5.72. The van der Waals surface area contributed by atoms with Gasteiger partial charge in [0.2, 0.25) is 5.91 Å². The van der Waals surface area contributed by atoms with Crippen LogP contribution < -0.4 is 5.32 Å². The van der Waals surface area contributed by atoms with Crippen LogP contribution in [0.25, 0.3) is 11.1 Å². The van der Waals surface area contributed by atoms with Crippen LogP contribution in [0.2, 0.25) is 0 Å². The number of carbonyl (C=O) groups excluding carboxylic acids is 1. The van der Waals surface area contributed by atoms with E-state index in [4.69, 9.17) is 23.2 Å². The molecule has 1 N–H and O–H groups in total. The molecule has 1 heterocycles. The van der Waals surface area contributed by atoms with Crippen LogP contribution in [0.3, 0.4) is 0 Å². The van der Waals surface area contributed by atoms with E-state index in [9.17, 15) is 31.6 Å². The zero-order chi connectivity index (χ0) is 26.5. The number of aromatic nitrogens is 2. The normalized spacial score (nSPS) is 23.0. The van der Waals surface area contributed by atoms with Crippen molar-refractivity contribution in [2.75, 3.05) is 6.26 Å². The molecule has 0 spiro atoms. The maximum atomic E-state index is 13.3. The second kappa shape index (κ2) is 9.23. The molecule has 2 saturated carbocycles. The van der Waals surface area contributed by atoms with Crippen molar-refractivity contribution in [1.29, 1.82) is 5.26 Å². The number of amides is 1. The van der Waals surface area contributed by atoms with Crippen LogP contribution in [0.4, 0.5) is 13.2 Å². The highest BCUT2D eigenvalue weighted by molar-refractivity contribution is 7.90. The number of hydrogen-bond acceptors (Lipinski definition) is 5. The lowest BCUT2D eigenvalue weighted by Gasteiger charge is -2.37. The van der Waals surface area contributed by atoms with Crippen LogP contribution in [0.1, 0.15) is 43.7 Å². The third kappa shape index (κ3) is 5.98. The SMILES string of the molecule is CS(=O)(=O)c1ccc(-c2cn(CC(F)(F)F)nc2C2CCC(Cl)(Cl)C[C@H]2C(=O)NC2(C#N)CC2)cc1. The summed E-state index contributed by atoms with van der Waals surface area (Å²) in [5.41, 5.74) is 0.118. The van der Waals surface area contributed by atoms with Crippen molar-refractivity contribution in [3.63, 3.8) is 0 Å². The lowest BCUT2D eigenvalue weighted by Crippen LogP contribution is -2.45. The van der Waals surface area contributed by atoms with Crippen LogP contribution in [0.5, 0.6) is 0 Å². The summed E-state index contributed by atoms with van der Waals surface area (Å²) in [5.74, 6) is -1.90. The molecular weight excluding hydrogens is 540 g/mol. The fraction of sp³-hybridized carbons (Fsp3) is 0.522. The molecule has 1 amide bonds. The van der Waals surface area contributed by atoms with Crippen molar-refractivity contribution in [3.8, 4) is 17.2 Å². The minimum absolute atomic E-state index is 0.0344. The van der Waals surface area contributed by atoms with Gasteiger partial charge in [0.25, 0.3) is 0 Å². The zero-order valence-corrected chi connectivity index (χ0v) is 21.5. The van der Waals surface area contributed by atoms with Gasteiger partial charge >= 0.3 is 6.18 Å². The monoisotopic (exact) mass is 562 g/mol.